The molecule has 22 heavy (non-hydrogen) atoms. The molecule has 1 fully saturated rings. The highest BCUT2D eigenvalue weighted by atomic mass is 32.2. The molecule has 0 N–H and O–H groups in total. The predicted molar refractivity (Wildman–Crippen MR) is 82.7 cm³/mol. The topological polar surface area (TPSA) is 68.1 Å². The summed E-state index contributed by atoms with van der Waals surface area (Å²) in [5.74, 6) is 0.952. The Kier molecular flexibility index (Phi) is 4.26. The third-order valence-electron chi connectivity index (χ3n) is 3.90. The summed E-state index contributed by atoms with van der Waals surface area (Å²) in [6, 6.07) is 3.42. The van der Waals surface area contributed by atoms with Crippen LogP contribution < -0.4 is 0 Å². The molecule has 0 amide bonds. The van der Waals surface area contributed by atoms with E-state index < -0.39 is 10.0 Å². The van der Waals surface area contributed by atoms with E-state index in [1.807, 2.05) is 17.7 Å². The van der Waals surface area contributed by atoms with Gasteiger partial charge in [-0.05, 0) is 38.3 Å². The van der Waals surface area contributed by atoms with Crippen molar-refractivity contribution >= 4 is 10.0 Å². The smallest absolute Gasteiger partial charge is 0.244 e. The zero-order valence-corrected chi connectivity index (χ0v) is 13.4. The molecule has 1 saturated carbocycles. The molecule has 2 heterocycles. The van der Waals surface area contributed by atoms with Crippen LogP contribution in [0.4, 0.5) is 0 Å². The van der Waals surface area contributed by atoms with Crippen molar-refractivity contribution in [1.82, 2.24) is 18.8 Å². The van der Waals surface area contributed by atoms with E-state index in [1.165, 1.54) is 6.20 Å². The fourth-order valence-corrected chi connectivity index (χ4v) is 4.22. The molecule has 0 aliphatic heterocycles. The van der Waals surface area contributed by atoms with Crippen LogP contribution in [-0.2, 0) is 16.6 Å². The summed E-state index contributed by atoms with van der Waals surface area (Å²) in [5, 5.41) is 0. The van der Waals surface area contributed by atoms with Crippen molar-refractivity contribution in [3.63, 3.8) is 0 Å². The van der Waals surface area contributed by atoms with E-state index in [1.54, 1.807) is 28.8 Å². The second-order valence-corrected chi connectivity index (χ2v) is 7.45. The first kappa shape index (κ1) is 15.2. The molecule has 6 nitrogen and oxygen atoms in total. The largest absolute Gasteiger partial charge is 0.335 e. The van der Waals surface area contributed by atoms with Gasteiger partial charge in [-0.25, -0.2) is 13.4 Å². The molecule has 2 aromatic rings. The van der Waals surface area contributed by atoms with Crippen molar-refractivity contribution in [2.45, 2.75) is 43.7 Å². The average Bonchev–Trinajstić information content (AvgIpc) is 3.27. The zero-order valence-electron chi connectivity index (χ0n) is 12.6. The minimum atomic E-state index is -3.44. The van der Waals surface area contributed by atoms with E-state index in [9.17, 15) is 8.42 Å². The molecule has 3 rings (SSSR count). The number of imidazole rings is 1. The first-order valence-electron chi connectivity index (χ1n) is 7.48. The number of aromatic nitrogens is 3. The molecule has 0 radical (unpaired) electrons. The maximum absolute atomic E-state index is 12.7. The highest BCUT2D eigenvalue weighted by molar-refractivity contribution is 7.89. The van der Waals surface area contributed by atoms with Crippen molar-refractivity contribution in [3.8, 4) is 0 Å². The van der Waals surface area contributed by atoms with Gasteiger partial charge in [-0.1, -0.05) is 0 Å². The SMILES string of the molecule is Cc1nccn1CCCN(C1CC1)S(=O)(=O)c1cccnc1. The quantitative estimate of drug-likeness (QED) is 0.780. The number of rotatable bonds is 7. The van der Waals surface area contributed by atoms with Crippen LogP contribution in [0.3, 0.4) is 0 Å². The van der Waals surface area contributed by atoms with Gasteiger partial charge in [-0.15, -0.1) is 0 Å². The van der Waals surface area contributed by atoms with Gasteiger partial charge in [0.1, 0.15) is 10.7 Å². The van der Waals surface area contributed by atoms with Gasteiger partial charge in [0.05, 0.1) is 0 Å². The fourth-order valence-electron chi connectivity index (χ4n) is 2.53. The van der Waals surface area contributed by atoms with Crippen LogP contribution in [0, 0.1) is 6.92 Å². The van der Waals surface area contributed by atoms with Crippen LogP contribution in [0.25, 0.3) is 0 Å². The maximum Gasteiger partial charge on any atom is 0.244 e. The van der Waals surface area contributed by atoms with Crippen LogP contribution in [0.1, 0.15) is 25.1 Å². The Hall–Kier alpha value is -1.73. The summed E-state index contributed by atoms with van der Waals surface area (Å²) < 4.78 is 29.2. The zero-order chi connectivity index (χ0) is 15.6. The first-order valence-corrected chi connectivity index (χ1v) is 8.92. The molecule has 0 aromatic carbocycles. The molecule has 7 heteroatoms. The molecule has 2 aromatic heterocycles. The average molecular weight is 320 g/mol. The van der Waals surface area contributed by atoms with Crippen molar-refractivity contribution < 1.29 is 8.42 Å². The van der Waals surface area contributed by atoms with Gasteiger partial charge in [0, 0.05) is 43.9 Å². The third kappa shape index (κ3) is 3.20. The molecule has 0 atom stereocenters. The minimum Gasteiger partial charge on any atom is -0.335 e. The summed E-state index contributed by atoms with van der Waals surface area (Å²) in [4.78, 5) is 8.39. The maximum atomic E-state index is 12.7. The lowest BCUT2D eigenvalue weighted by Gasteiger charge is -2.22. The lowest BCUT2D eigenvalue weighted by molar-refractivity contribution is 0.386. The van der Waals surface area contributed by atoms with Gasteiger partial charge >= 0.3 is 0 Å². The van der Waals surface area contributed by atoms with Crippen LogP contribution in [0.2, 0.25) is 0 Å². The van der Waals surface area contributed by atoms with E-state index >= 15 is 0 Å². The highest BCUT2D eigenvalue weighted by Gasteiger charge is 2.37. The minimum absolute atomic E-state index is 0.147. The Morgan fingerprint density at radius 1 is 1.36 bits per heavy atom. The number of sulfonamides is 1. The molecular weight excluding hydrogens is 300 g/mol. The number of hydrogen-bond donors (Lipinski definition) is 0. The molecule has 1 aliphatic rings. The molecule has 118 valence electrons. The first-order chi connectivity index (χ1) is 10.6. The van der Waals surface area contributed by atoms with Gasteiger partial charge in [0.25, 0.3) is 0 Å². The van der Waals surface area contributed by atoms with Gasteiger partial charge in [0.2, 0.25) is 10.0 Å². The van der Waals surface area contributed by atoms with Gasteiger partial charge in [0.15, 0.2) is 0 Å². The summed E-state index contributed by atoms with van der Waals surface area (Å²) in [7, 11) is -3.44. The Morgan fingerprint density at radius 2 is 2.18 bits per heavy atom. The van der Waals surface area contributed by atoms with E-state index in [0.29, 0.717) is 6.54 Å². The van der Waals surface area contributed by atoms with E-state index in [-0.39, 0.29) is 10.9 Å². The highest BCUT2D eigenvalue weighted by Crippen LogP contribution is 2.32. The van der Waals surface area contributed by atoms with Crippen molar-refractivity contribution in [3.05, 3.63) is 42.7 Å². The monoisotopic (exact) mass is 320 g/mol. The Morgan fingerprint density at radius 3 is 2.77 bits per heavy atom. The molecule has 0 unspecified atom stereocenters. The van der Waals surface area contributed by atoms with Crippen LogP contribution in [0.5, 0.6) is 0 Å². The molecule has 0 spiro atoms. The standard InChI is InChI=1S/C15H20N4O2S/c1-13-17-8-11-18(13)9-3-10-19(14-5-6-14)22(20,21)15-4-2-7-16-12-15/h2,4,7-8,11-12,14H,3,5-6,9-10H2,1H3. The second kappa shape index (κ2) is 6.18. The van der Waals surface area contributed by atoms with Crippen molar-refractivity contribution in [2.75, 3.05) is 6.54 Å². The number of aryl methyl sites for hydroxylation is 2. The molecule has 0 bridgehead atoms. The Labute approximate surface area is 130 Å². The number of pyridine rings is 1. The number of nitrogens with zero attached hydrogens (tertiary/aromatic N) is 4. The fraction of sp³-hybridized carbons (Fsp3) is 0.467. The van der Waals surface area contributed by atoms with Crippen molar-refractivity contribution in [1.29, 1.82) is 0 Å². The third-order valence-corrected chi connectivity index (χ3v) is 5.83. The Bertz CT molecular complexity index is 723. The molecular formula is C15H20N4O2S. The van der Waals surface area contributed by atoms with Crippen molar-refractivity contribution in [2.24, 2.45) is 0 Å². The summed E-state index contributed by atoms with van der Waals surface area (Å²) in [6.45, 7) is 3.25. The van der Waals surface area contributed by atoms with E-state index in [2.05, 4.69) is 9.97 Å². The van der Waals surface area contributed by atoms with E-state index in [0.717, 1.165) is 31.6 Å². The van der Waals surface area contributed by atoms with Crippen LogP contribution in [-0.4, -0.2) is 39.8 Å². The summed E-state index contributed by atoms with van der Waals surface area (Å²) >= 11 is 0. The van der Waals surface area contributed by atoms with Crippen LogP contribution in [0.15, 0.2) is 41.8 Å². The normalized spacial score (nSPS) is 15.4. The van der Waals surface area contributed by atoms with Gasteiger partial charge < -0.3 is 4.57 Å². The summed E-state index contributed by atoms with van der Waals surface area (Å²) in [5.41, 5.74) is 0. The number of hydrogen-bond acceptors (Lipinski definition) is 4. The molecule has 1 aliphatic carbocycles. The second-order valence-electron chi connectivity index (χ2n) is 5.56. The predicted octanol–water partition coefficient (Wildman–Crippen LogP) is 1.83. The molecule has 0 saturated heterocycles. The lowest BCUT2D eigenvalue weighted by Crippen LogP contribution is -2.34. The lowest BCUT2D eigenvalue weighted by atomic mass is 10.4. The van der Waals surface area contributed by atoms with Gasteiger partial charge in [-0.3, -0.25) is 4.98 Å². The summed E-state index contributed by atoms with van der Waals surface area (Å²) in [6.07, 6.45) is 9.36. The Balaban J connectivity index is 1.69. The van der Waals surface area contributed by atoms with Gasteiger partial charge in [-0.2, -0.15) is 4.31 Å². The van der Waals surface area contributed by atoms with Crippen LogP contribution >= 0.6 is 0 Å². The van der Waals surface area contributed by atoms with E-state index in [4.69, 9.17) is 0 Å².